The van der Waals surface area contributed by atoms with Crippen LogP contribution in [0.4, 0.5) is 10.5 Å². The van der Waals surface area contributed by atoms with E-state index in [1.807, 2.05) is 0 Å². The summed E-state index contributed by atoms with van der Waals surface area (Å²) in [6.45, 7) is 2.80. The molecule has 1 heterocycles. The molecule has 1 atom stereocenters. The Morgan fingerprint density at radius 3 is 2.27 bits per heavy atom. The van der Waals surface area contributed by atoms with Gasteiger partial charge in [0.1, 0.15) is 6.61 Å². The van der Waals surface area contributed by atoms with Gasteiger partial charge >= 0.3 is 18.0 Å². The molecule has 2 aromatic rings. The van der Waals surface area contributed by atoms with Crippen LogP contribution >= 0.6 is 11.6 Å². The Hall–Kier alpha value is -3.85. The first-order chi connectivity index (χ1) is 15.8. The smallest absolute Gasteiger partial charge is 0.338 e. The van der Waals surface area contributed by atoms with E-state index in [1.165, 1.54) is 19.1 Å². The third kappa shape index (κ3) is 6.11. The number of nitrogens with one attached hydrogen (secondary N) is 3. The Balaban J connectivity index is 1.84. The van der Waals surface area contributed by atoms with E-state index in [1.54, 1.807) is 43.3 Å². The van der Waals surface area contributed by atoms with Crippen molar-refractivity contribution in [1.29, 1.82) is 0 Å². The maximum atomic E-state index is 12.7. The maximum Gasteiger partial charge on any atom is 0.338 e. The number of esters is 2. The van der Waals surface area contributed by atoms with Gasteiger partial charge in [-0.3, -0.25) is 4.79 Å². The first-order valence-electron chi connectivity index (χ1n) is 10.1. The predicted octanol–water partition coefficient (Wildman–Crippen LogP) is 3.33. The van der Waals surface area contributed by atoms with Gasteiger partial charge < -0.3 is 25.4 Å². The quantitative estimate of drug-likeness (QED) is 0.532. The Bertz CT molecular complexity index is 1100. The maximum absolute atomic E-state index is 12.7. The van der Waals surface area contributed by atoms with Crippen molar-refractivity contribution < 1.29 is 28.7 Å². The molecular formula is C23H22ClN3O6. The Morgan fingerprint density at radius 1 is 1.00 bits per heavy atom. The van der Waals surface area contributed by atoms with Gasteiger partial charge in [-0.25, -0.2) is 14.4 Å². The lowest BCUT2D eigenvalue weighted by molar-refractivity contribution is -0.139. The summed E-state index contributed by atoms with van der Waals surface area (Å²) in [4.78, 5) is 48.6. The zero-order valence-electron chi connectivity index (χ0n) is 17.9. The third-order valence-corrected chi connectivity index (χ3v) is 4.89. The van der Waals surface area contributed by atoms with Crippen LogP contribution in [0.5, 0.6) is 0 Å². The molecule has 0 aliphatic carbocycles. The second kappa shape index (κ2) is 10.6. The lowest BCUT2D eigenvalue weighted by Gasteiger charge is -2.29. The van der Waals surface area contributed by atoms with Gasteiger partial charge in [0.05, 0.1) is 29.5 Å². The van der Waals surface area contributed by atoms with E-state index < -0.39 is 24.0 Å². The molecule has 1 unspecified atom stereocenters. The van der Waals surface area contributed by atoms with Crippen LogP contribution in [-0.2, 0) is 19.1 Å². The van der Waals surface area contributed by atoms with E-state index in [-0.39, 0.29) is 36.0 Å². The van der Waals surface area contributed by atoms with E-state index in [0.717, 1.165) is 0 Å². The number of urea groups is 1. The molecule has 10 heteroatoms. The van der Waals surface area contributed by atoms with Gasteiger partial charge in [-0.05, 0) is 48.9 Å². The summed E-state index contributed by atoms with van der Waals surface area (Å²) < 4.78 is 10.5. The number of ether oxygens (including phenoxy) is 2. The summed E-state index contributed by atoms with van der Waals surface area (Å²) in [5.41, 5.74) is 1.60. The highest BCUT2D eigenvalue weighted by molar-refractivity contribution is 6.30. The highest BCUT2D eigenvalue weighted by Gasteiger charge is 2.34. The van der Waals surface area contributed by atoms with Crippen molar-refractivity contribution >= 4 is 41.2 Å². The topological polar surface area (TPSA) is 123 Å². The zero-order chi connectivity index (χ0) is 24.0. The summed E-state index contributed by atoms with van der Waals surface area (Å²) in [5, 5.41) is 8.32. The number of hydrogen-bond donors (Lipinski definition) is 3. The molecule has 172 valence electrons. The van der Waals surface area contributed by atoms with Crippen LogP contribution in [0.1, 0.15) is 35.8 Å². The minimum Gasteiger partial charge on any atom is -0.463 e. The first kappa shape index (κ1) is 23.8. The molecule has 3 amide bonds. The predicted molar refractivity (Wildman–Crippen MR) is 121 cm³/mol. The second-order valence-electron chi connectivity index (χ2n) is 7.03. The van der Waals surface area contributed by atoms with Gasteiger partial charge in [-0.1, -0.05) is 23.7 Å². The van der Waals surface area contributed by atoms with Gasteiger partial charge in [0.15, 0.2) is 0 Å². The molecule has 0 bridgehead atoms. The molecule has 1 aliphatic heterocycles. The van der Waals surface area contributed by atoms with E-state index in [9.17, 15) is 19.2 Å². The molecule has 0 aromatic heterocycles. The largest absolute Gasteiger partial charge is 0.463 e. The van der Waals surface area contributed by atoms with Crippen LogP contribution in [0.2, 0.25) is 5.02 Å². The van der Waals surface area contributed by atoms with Crippen LogP contribution < -0.4 is 16.0 Å². The van der Waals surface area contributed by atoms with E-state index in [4.69, 9.17) is 21.1 Å². The molecule has 1 aliphatic rings. The van der Waals surface area contributed by atoms with E-state index >= 15 is 0 Å². The van der Waals surface area contributed by atoms with Crippen molar-refractivity contribution in [2.24, 2.45) is 0 Å². The van der Waals surface area contributed by atoms with Crippen LogP contribution in [0.25, 0.3) is 0 Å². The molecule has 3 rings (SSSR count). The number of hydrogen-bond acceptors (Lipinski definition) is 6. The molecule has 2 aromatic carbocycles. The van der Waals surface area contributed by atoms with Crippen LogP contribution in [0, 0.1) is 0 Å². The average Bonchev–Trinajstić information content (AvgIpc) is 2.77. The highest BCUT2D eigenvalue weighted by Crippen LogP contribution is 2.29. The number of anilines is 1. The normalized spacial score (nSPS) is 15.2. The van der Waals surface area contributed by atoms with Crippen LogP contribution in [-0.4, -0.2) is 37.1 Å². The van der Waals surface area contributed by atoms with Gasteiger partial charge in [-0.15, -0.1) is 0 Å². The number of benzene rings is 2. The summed E-state index contributed by atoms with van der Waals surface area (Å²) in [7, 11) is 0. The fourth-order valence-corrected chi connectivity index (χ4v) is 3.33. The lowest BCUT2D eigenvalue weighted by Crippen LogP contribution is -2.47. The van der Waals surface area contributed by atoms with Crippen molar-refractivity contribution in [3.63, 3.8) is 0 Å². The van der Waals surface area contributed by atoms with E-state index in [2.05, 4.69) is 16.0 Å². The summed E-state index contributed by atoms with van der Waals surface area (Å²) in [5.74, 6) is -1.56. The zero-order valence-corrected chi connectivity index (χ0v) is 18.7. The van der Waals surface area contributed by atoms with E-state index in [0.29, 0.717) is 16.3 Å². The third-order valence-electron chi connectivity index (χ3n) is 4.64. The molecule has 0 saturated carbocycles. The van der Waals surface area contributed by atoms with Crippen molar-refractivity contribution in [1.82, 2.24) is 10.6 Å². The number of rotatable bonds is 7. The van der Waals surface area contributed by atoms with Crippen molar-refractivity contribution in [2.75, 3.05) is 18.5 Å². The number of carbonyl (C=O) groups is 4. The highest BCUT2D eigenvalue weighted by atomic mass is 35.5. The van der Waals surface area contributed by atoms with Gasteiger partial charge in [0, 0.05) is 17.6 Å². The summed E-state index contributed by atoms with van der Waals surface area (Å²) in [6, 6.07) is 11.4. The number of amides is 3. The molecule has 0 saturated heterocycles. The van der Waals surface area contributed by atoms with Crippen LogP contribution in [0.15, 0.2) is 59.8 Å². The molecule has 0 fully saturated rings. The monoisotopic (exact) mass is 471 g/mol. The minimum atomic E-state index is -0.819. The summed E-state index contributed by atoms with van der Waals surface area (Å²) >= 11 is 5.95. The number of carbonyl (C=O) groups excluding carboxylic acids is 4. The SMILES string of the molecule is CCOC(=O)C1=C(COC(=O)c2ccc(NC(C)=O)cc2)NC(=O)NC1c1ccc(Cl)cc1. The standard InChI is InChI=1S/C23H22ClN3O6/c1-3-32-22(30)19-18(26-23(31)27-20(19)14-4-8-16(24)9-5-14)12-33-21(29)15-6-10-17(11-7-15)25-13(2)28/h4-11,20H,3,12H2,1-2H3,(H,25,28)(H2,26,27,31). The molecular weight excluding hydrogens is 450 g/mol. The minimum absolute atomic E-state index is 0.111. The number of halogens is 1. The second-order valence-corrected chi connectivity index (χ2v) is 7.47. The van der Waals surface area contributed by atoms with Crippen LogP contribution in [0.3, 0.4) is 0 Å². The van der Waals surface area contributed by atoms with Crippen molar-refractivity contribution in [3.05, 3.63) is 76.0 Å². The fourth-order valence-electron chi connectivity index (χ4n) is 3.20. The molecule has 33 heavy (non-hydrogen) atoms. The average molecular weight is 472 g/mol. The summed E-state index contributed by atoms with van der Waals surface area (Å²) in [6.07, 6.45) is 0. The Morgan fingerprint density at radius 2 is 1.67 bits per heavy atom. The van der Waals surface area contributed by atoms with Crippen molar-refractivity contribution in [2.45, 2.75) is 19.9 Å². The van der Waals surface area contributed by atoms with Gasteiger partial charge in [0.25, 0.3) is 0 Å². The van der Waals surface area contributed by atoms with Crippen molar-refractivity contribution in [3.8, 4) is 0 Å². The lowest BCUT2D eigenvalue weighted by atomic mass is 9.95. The van der Waals surface area contributed by atoms with Gasteiger partial charge in [-0.2, -0.15) is 0 Å². The molecule has 0 radical (unpaired) electrons. The van der Waals surface area contributed by atoms with Gasteiger partial charge in [0.2, 0.25) is 5.91 Å². The molecule has 3 N–H and O–H groups in total. The Labute approximate surface area is 195 Å². The fraction of sp³-hybridized carbons (Fsp3) is 0.217. The molecule has 0 spiro atoms. The Kier molecular flexibility index (Phi) is 7.68. The first-order valence-corrected chi connectivity index (χ1v) is 10.4. The molecule has 9 nitrogen and oxygen atoms in total.